The van der Waals surface area contributed by atoms with Gasteiger partial charge in [-0.05, 0) is 56.0 Å². The van der Waals surface area contributed by atoms with Crippen LogP contribution in [0.4, 0.5) is 5.13 Å². The smallest absolute Gasteiger partial charge is 0.224 e. The lowest BCUT2D eigenvalue weighted by Crippen LogP contribution is -2.43. The standard InChI is InChI=1S/C23H25N5OS/c1-15-6-7-19-18(12-15)16(13-26-19)8-10-24-21(29)17-4-3-11-28(14-17)23-27-20-5-2-9-25-22(20)30-23/h2,5-7,9,12-13,17,26H,3-4,8,10-11,14H2,1H3,(H,24,29). The summed E-state index contributed by atoms with van der Waals surface area (Å²) < 4.78 is 0. The number of amides is 1. The molecule has 0 aliphatic carbocycles. The minimum absolute atomic E-state index is 0.00364. The van der Waals surface area contributed by atoms with Crippen LogP contribution < -0.4 is 10.2 Å². The molecule has 7 heteroatoms. The largest absolute Gasteiger partial charge is 0.361 e. The number of nitrogens with zero attached hydrogens (tertiary/aromatic N) is 3. The first-order chi connectivity index (χ1) is 14.7. The number of hydrogen-bond acceptors (Lipinski definition) is 5. The van der Waals surface area contributed by atoms with Crippen molar-refractivity contribution in [2.45, 2.75) is 26.2 Å². The quantitative estimate of drug-likeness (QED) is 0.512. The lowest BCUT2D eigenvalue weighted by Gasteiger charge is -2.31. The van der Waals surface area contributed by atoms with E-state index in [1.165, 1.54) is 16.5 Å². The third-order valence-electron chi connectivity index (χ3n) is 5.83. The van der Waals surface area contributed by atoms with Gasteiger partial charge in [0.2, 0.25) is 5.91 Å². The number of rotatable bonds is 5. The highest BCUT2D eigenvalue weighted by molar-refractivity contribution is 7.21. The lowest BCUT2D eigenvalue weighted by molar-refractivity contribution is -0.125. The number of aromatic amines is 1. The van der Waals surface area contributed by atoms with Gasteiger partial charge < -0.3 is 15.2 Å². The van der Waals surface area contributed by atoms with Crippen LogP contribution in [0.15, 0.2) is 42.7 Å². The molecule has 1 amide bonds. The van der Waals surface area contributed by atoms with E-state index in [-0.39, 0.29) is 11.8 Å². The average Bonchev–Trinajstić information content (AvgIpc) is 3.38. The Labute approximate surface area is 179 Å². The van der Waals surface area contributed by atoms with E-state index in [4.69, 9.17) is 4.98 Å². The third kappa shape index (κ3) is 3.77. The molecule has 1 aliphatic heterocycles. The van der Waals surface area contributed by atoms with Gasteiger partial charge >= 0.3 is 0 Å². The van der Waals surface area contributed by atoms with E-state index in [2.05, 4.69) is 51.5 Å². The summed E-state index contributed by atoms with van der Waals surface area (Å²) in [5, 5.41) is 5.38. The Balaban J connectivity index is 1.20. The highest BCUT2D eigenvalue weighted by atomic mass is 32.1. The molecule has 1 fully saturated rings. The van der Waals surface area contributed by atoms with Gasteiger partial charge in [-0.15, -0.1) is 0 Å². The number of piperidine rings is 1. The summed E-state index contributed by atoms with van der Waals surface area (Å²) in [6.07, 6.45) is 6.61. The summed E-state index contributed by atoms with van der Waals surface area (Å²) in [6.45, 7) is 4.42. The molecule has 2 N–H and O–H groups in total. The van der Waals surface area contributed by atoms with Crippen molar-refractivity contribution in [1.29, 1.82) is 0 Å². The van der Waals surface area contributed by atoms with Gasteiger partial charge in [-0.25, -0.2) is 9.97 Å². The van der Waals surface area contributed by atoms with E-state index in [1.54, 1.807) is 17.5 Å². The molecule has 1 aliphatic rings. The summed E-state index contributed by atoms with van der Waals surface area (Å²) >= 11 is 1.60. The molecule has 0 spiro atoms. The summed E-state index contributed by atoms with van der Waals surface area (Å²) in [4.78, 5) is 28.4. The summed E-state index contributed by atoms with van der Waals surface area (Å²) in [6, 6.07) is 10.3. The molecule has 0 bridgehead atoms. The number of pyridine rings is 1. The van der Waals surface area contributed by atoms with Crippen LogP contribution in [-0.4, -0.2) is 40.5 Å². The monoisotopic (exact) mass is 419 g/mol. The van der Waals surface area contributed by atoms with Crippen LogP contribution in [0, 0.1) is 12.8 Å². The Morgan fingerprint density at radius 3 is 3.20 bits per heavy atom. The zero-order valence-corrected chi connectivity index (χ0v) is 17.8. The number of H-pyrrole nitrogens is 1. The van der Waals surface area contributed by atoms with Crippen molar-refractivity contribution in [3.63, 3.8) is 0 Å². The molecule has 0 saturated carbocycles. The van der Waals surface area contributed by atoms with Crippen LogP contribution in [0.25, 0.3) is 21.3 Å². The SMILES string of the molecule is Cc1ccc2[nH]cc(CCNC(=O)C3CCCN(c4nc5cccnc5s4)C3)c2c1. The molecule has 1 saturated heterocycles. The number of anilines is 1. The van der Waals surface area contributed by atoms with Gasteiger partial charge in [-0.2, -0.15) is 0 Å². The summed E-state index contributed by atoms with van der Waals surface area (Å²) in [7, 11) is 0. The molecule has 0 radical (unpaired) electrons. The first kappa shape index (κ1) is 19.1. The number of aromatic nitrogens is 3. The van der Waals surface area contributed by atoms with Gasteiger partial charge in [0.25, 0.3) is 0 Å². The zero-order chi connectivity index (χ0) is 20.5. The molecule has 6 nitrogen and oxygen atoms in total. The number of thiazole rings is 1. The van der Waals surface area contributed by atoms with Gasteiger partial charge in [0.05, 0.1) is 5.92 Å². The number of nitrogens with one attached hydrogen (secondary N) is 2. The Morgan fingerprint density at radius 1 is 1.37 bits per heavy atom. The first-order valence-corrected chi connectivity index (χ1v) is 11.3. The maximum Gasteiger partial charge on any atom is 0.224 e. The Morgan fingerprint density at radius 2 is 2.30 bits per heavy atom. The maximum atomic E-state index is 12.8. The fourth-order valence-corrected chi connectivity index (χ4v) is 5.17. The highest BCUT2D eigenvalue weighted by Crippen LogP contribution is 2.30. The van der Waals surface area contributed by atoms with E-state index in [9.17, 15) is 4.79 Å². The third-order valence-corrected chi connectivity index (χ3v) is 6.87. The number of hydrogen-bond donors (Lipinski definition) is 2. The normalized spacial score (nSPS) is 17.0. The molecular formula is C23H25N5OS. The predicted octanol–water partition coefficient (Wildman–Crippen LogP) is 4.06. The lowest BCUT2D eigenvalue weighted by atomic mass is 9.97. The fourth-order valence-electron chi connectivity index (χ4n) is 4.22. The molecule has 1 unspecified atom stereocenters. The van der Waals surface area contributed by atoms with Crippen LogP contribution in [0.1, 0.15) is 24.0 Å². The van der Waals surface area contributed by atoms with Crippen LogP contribution in [0.2, 0.25) is 0 Å². The number of benzene rings is 1. The van der Waals surface area contributed by atoms with Gasteiger partial charge in [-0.3, -0.25) is 4.79 Å². The molecular weight excluding hydrogens is 394 g/mol. The molecule has 4 aromatic rings. The van der Waals surface area contributed by atoms with Crippen molar-refractivity contribution in [3.05, 3.63) is 53.9 Å². The first-order valence-electron chi connectivity index (χ1n) is 10.5. The van der Waals surface area contributed by atoms with Crippen LogP contribution in [0.3, 0.4) is 0 Å². The second-order valence-electron chi connectivity index (χ2n) is 8.01. The van der Waals surface area contributed by atoms with Crippen molar-refractivity contribution in [1.82, 2.24) is 20.3 Å². The Kier molecular flexibility index (Phi) is 5.12. The van der Waals surface area contributed by atoms with Crippen LogP contribution >= 0.6 is 11.3 Å². The number of aryl methyl sites for hydroxylation is 1. The average molecular weight is 420 g/mol. The molecule has 1 atom stereocenters. The maximum absolute atomic E-state index is 12.8. The van der Waals surface area contributed by atoms with Crippen molar-refractivity contribution in [2.24, 2.45) is 5.92 Å². The van der Waals surface area contributed by atoms with E-state index in [1.807, 2.05) is 12.1 Å². The second kappa shape index (κ2) is 8.07. The number of carbonyl (C=O) groups is 1. The zero-order valence-electron chi connectivity index (χ0n) is 17.0. The molecule has 154 valence electrons. The Hall–Kier alpha value is -2.93. The van der Waals surface area contributed by atoms with Crippen molar-refractivity contribution < 1.29 is 4.79 Å². The van der Waals surface area contributed by atoms with Gasteiger partial charge in [0, 0.05) is 42.9 Å². The molecule has 3 aromatic heterocycles. The van der Waals surface area contributed by atoms with Crippen molar-refractivity contribution >= 4 is 43.6 Å². The fraction of sp³-hybridized carbons (Fsp3) is 0.348. The molecule has 1 aromatic carbocycles. The van der Waals surface area contributed by atoms with E-state index in [0.717, 1.165) is 53.3 Å². The predicted molar refractivity (Wildman–Crippen MR) is 122 cm³/mol. The van der Waals surface area contributed by atoms with Crippen LogP contribution in [0.5, 0.6) is 0 Å². The van der Waals surface area contributed by atoms with Gasteiger partial charge in [0.15, 0.2) is 5.13 Å². The van der Waals surface area contributed by atoms with Gasteiger partial charge in [0.1, 0.15) is 10.3 Å². The minimum atomic E-state index is 0.00364. The number of carbonyl (C=O) groups excluding carboxylic acids is 1. The van der Waals surface area contributed by atoms with Crippen LogP contribution in [-0.2, 0) is 11.2 Å². The Bertz CT molecular complexity index is 1160. The van der Waals surface area contributed by atoms with E-state index in [0.29, 0.717) is 6.54 Å². The highest BCUT2D eigenvalue weighted by Gasteiger charge is 2.27. The van der Waals surface area contributed by atoms with E-state index >= 15 is 0 Å². The van der Waals surface area contributed by atoms with E-state index < -0.39 is 0 Å². The number of fused-ring (bicyclic) bond motifs is 2. The molecule has 5 rings (SSSR count). The van der Waals surface area contributed by atoms with Crippen molar-refractivity contribution in [3.8, 4) is 0 Å². The van der Waals surface area contributed by atoms with Gasteiger partial charge in [-0.1, -0.05) is 23.0 Å². The summed E-state index contributed by atoms with van der Waals surface area (Å²) in [5.74, 6) is 0.152. The topological polar surface area (TPSA) is 73.9 Å². The van der Waals surface area contributed by atoms with Crippen molar-refractivity contribution in [2.75, 3.05) is 24.5 Å². The minimum Gasteiger partial charge on any atom is -0.361 e. The molecule has 4 heterocycles. The second-order valence-corrected chi connectivity index (χ2v) is 8.97. The summed E-state index contributed by atoms with van der Waals surface area (Å²) in [5.41, 5.74) is 4.58. The molecule has 30 heavy (non-hydrogen) atoms.